The van der Waals surface area contributed by atoms with E-state index in [1.807, 2.05) is 13.0 Å². The Morgan fingerprint density at radius 3 is 1.78 bits per heavy atom. The Morgan fingerprint density at radius 1 is 0.711 bits per heavy atom. The van der Waals surface area contributed by atoms with Crippen molar-refractivity contribution >= 4 is 48.9 Å². The van der Waals surface area contributed by atoms with Crippen LogP contribution in [0, 0.1) is 5.92 Å². The summed E-state index contributed by atoms with van der Waals surface area (Å²) in [5.41, 5.74) is 1.60. The number of rotatable bonds is 43. The van der Waals surface area contributed by atoms with Crippen LogP contribution in [-0.4, -0.2) is 77.8 Å². The molecule has 0 radical (unpaired) electrons. The lowest BCUT2D eigenvalue weighted by molar-refractivity contribution is -0.161. The van der Waals surface area contributed by atoms with Crippen LogP contribution in [-0.2, 0) is 51.8 Å². The van der Waals surface area contributed by atoms with Crippen molar-refractivity contribution < 1.29 is 56.7 Å². The quantitative estimate of drug-likeness (QED) is 0.0116. The van der Waals surface area contributed by atoms with E-state index in [9.17, 15) is 33.4 Å². The Morgan fingerprint density at radius 2 is 1.24 bits per heavy atom. The normalized spacial score (nSPS) is 17.0. The summed E-state index contributed by atoms with van der Waals surface area (Å²) in [5.74, 6) is -3.13. The van der Waals surface area contributed by atoms with Crippen LogP contribution in [0.3, 0.4) is 0 Å². The summed E-state index contributed by atoms with van der Waals surface area (Å²) >= 11 is 6.47. The van der Waals surface area contributed by atoms with Crippen LogP contribution in [0.25, 0.3) is 0 Å². The number of carbonyl (C=O) groups excluding carboxylic acids is 5. The Hall–Kier alpha value is -4.39. The highest BCUT2D eigenvalue weighted by Gasteiger charge is 2.42. The Kier molecular flexibility index (Phi) is 37.1. The molecule has 13 nitrogen and oxygen atoms in total. The number of carbonyl (C=O) groups is 5. The van der Waals surface area contributed by atoms with Crippen molar-refractivity contribution in [3.8, 4) is 0 Å². The third-order valence-electron chi connectivity index (χ3n) is 12.8. The molecule has 0 bridgehead atoms. The number of ketones is 2. The highest BCUT2D eigenvalue weighted by molar-refractivity contribution is 7.47. The van der Waals surface area contributed by atoms with Gasteiger partial charge in [0, 0.05) is 49.4 Å². The van der Waals surface area contributed by atoms with E-state index in [0.717, 1.165) is 109 Å². The number of esters is 3. The monoisotopic (exact) mass is 1100 g/mol. The number of halogens is 1. The minimum absolute atomic E-state index is 0.0118. The smallest absolute Gasteiger partial charge is 0.462 e. The van der Waals surface area contributed by atoms with E-state index in [0.29, 0.717) is 24.5 Å². The average Bonchev–Trinajstić information content (AvgIpc) is 3.39. The van der Waals surface area contributed by atoms with E-state index in [1.165, 1.54) is 44.7 Å². The van der Waals surface area contributed by atoms with Crippen LogP contribution in [0.15, 0.2) is 107 Å². The van der Waals surface area contributed by atoms with Gasteiger partial charge in [-0.1, -0.05) is 176 Å². The SMILES string of the molecule is CCCCC/C=C\C/C=C\CCCCCCCC(=O)OCC(COP(=O)(O)OCCN1C=C2C(=O)C(OC(C)=O)C(=O)C(Cl)=C2C=C1/C=C/C(C)=C/C(C)CC)OC(=O)CCCCCCC/C=C\C/C=C\CCCCC. The van der Waals surface area contributed by atoms with Crippen molar-refractivity contribution in [2.75, 3.05) is 26.4 Å². The van der Waals surface area contributed by atoms with Crippen molar-refractivity contribution in [2.45, 2.75) is 214 Å². The Bertz CT molecular complexity index is 2100. The van der Waals surface area contributed by atoms with Gasteiger partial charge >= 0.3 is 25.7 Å². The molecule has 1 heterocycles. The highest BCUT2D eigenvalue weighted by atomic mass is 35.5. The molecule has 0 aromatic carbocycles. The van der Waals surface area contributed by atoms with Gasteiger partial charge in [0.1, 0.15) is 6.61 Å². The average molecular weight is 1100 g/mol. The van der Waals surface area contributed by atoms with Gasteiger partial charge in [-0.05, 0) is 102 Å². The van der Waals surface area contributed by atoms with E-state index in [2.05, 4.69) is 82.4 Å². The number of fused-ring (bicyclic) bond motifs is 1. The number of unbranched alkanes of at least 4 members (excludes halogenated alkanes) is 16. The molecule has 0 saturated heterocycles. The molecule has 4 unspecified atom stereocenters. The fraction of sp³-hybridized carbons (Fsp3) is 0.623. The van der Waals surface area contributed by atoms with Gasteiger partial charge in [0.2, 0.25) is 17.7 Å². The maximum atomic E-state index is 13.5. The Labute approximate surface area is 461 Å². The fourth-order valence-corrected chi connectivity index (χ4v) is 9.19. The summed E-state index contributed by atoms with van der Waals surface area (Å²) in [6.45, 7) is 10.2. The summed E-state index contributed by atoms with van der Waals surface area (Å²) in [6.07, 6.45) is 47.8. The molecule has 1 aliphatic carbocycles. The van der Waals surface area contributed by atoms with Gasteiger partial charge in [-0.25, -0.2) is 4.57 Å². The molecule has 15 heteroatoms. The summed E-state index contributed by atoms with van der Waals surface area (Å²) in [7, 11) is -4.80. The Balaban J connectivity index is 2.01. The minimum atomic E-state index is -4.80. The topological polar surface area (TPSA) is 172 Å². The van der Waals surface area contributed by atoms with E-state index in [-0.39, 0.29) is 42.2 Å². The number of phosphoric acid groups is 1. The molecule has 2 rings (SSSR count). The van der Waals surface area contributed by atoms with Gasteiger partial charge < -0.3 is 24.0 Å². The first-order chi connectivity index (χ1) is 36.6. The maximum Gasteiger partial charge on any atom is 0.472 e. The van der Waals surface area contributed by atoms with Gasteiger partial charge in [0.15, 0.2) is 6.10 Å². The van der Waals surface area contributed by atoms with Crippen molar-refractivity contribution in [3.05, 3.63) is 107 Å². The first-order valence-corrected chi connectivity index (χ1v) is 30.3. The van der Waals surface area contributed by atoms with E-state index >= 15 is 0 Å². The zero-order chi connectivity index (χ0) is 55.8. The number of ether oxygens (including phenoxy) is 3. The minimum Gasteiger partial charge on any atom is -0.462 e. The summed E-state index contributed by atoms with van der Waals surface area (Å²) in [5, 5.41) is -0.271. The molecular weight excluding hydrogens is 1010 g/mol. The molecule has 2 aliphatic rings. The van der Waals surface area contributed by atoms with E-state index in [4.69, 9.17) is 34.9 Å². The number of Topliss-reactive ketones (excluding diaryl/α,β-unsaturated/α-hetero) is 2. The van der Waals surface area contributed by atoms with Crippen molar-refractivity contribution in [1.82, 2.24) is 4.90 Å². The summed E-state index contributed by atoms with van der Waals surface area (Å²) in [4.78, 5) is 76.6. The summed E-state index contributed by atoms with van der Waals surface area (Å²) < 4.78 is 40.2. The molecule has 0 spiro atoms. The van der Waals surface area contributed by atoms with Gasteiger partial charge in [-0.3, -0.25) is 33.0 Å². The lowest BCUT2D eigenvalue weighted by Crippen LogP contribution is -2.41. The zero-order valence-electron chi connectivity index (χ0n) is 47.0. The van der Waals surface area contributed by atoms with Gasteiger partial charge in [0.05, 0.1) is 18.2 Å². The molecule has 0 aromatic heterocycles. The maximum absolute atomic E-state index is 13.5. The third kappa shape index (κ3) is 31.1. The largest absolute Gasteiger partial charge is 0.472 e. The van der Waals surface area contributed by atoms with Crippen LogP contribution in [0.4, 0.5) is 0 Å². The molecule has 76 heavy (non-hydrogen) atoms. The first-order valence-electron chi connectivity index (χ1n) is 28.4. The van der Waals surface area contributed by atoms with Gasteiger partial charge in [0.25, 0.3) is 0 Å². The molecule has 0 amide bonds. The lowest BCUT2D eigenvalue weighted by atomic mass is 9.87. The second-order valence-corrected chi connectivity index (χ2v) is 21.6. The molecule has 1 N–H and O–H groups in total. The number of nitrogens with zero attached hydrogens (tertiary/aromatic N) is 1. The van der Waals surface area contributed by atoms with Crippen LogP contribution in [0.2, 0.25) is 0 Å². The van der Waals surface area contributed by atoms with Crippen molar-refractivity contribution in [1.29, 1.82) is 0 Å². The molecule has 4 atom stereocenters. The molecular formula is C61H93ClNO12P. The summed E-state index contributed by atoms with van der Waals surface area (Å²) in [6, 6.07) is 0. The van der Waals surface area contributed by atoms with E-state index < -0.39 is 62.7 Å². The van der Waals surface area contributed by atoms with Crippen LogP contribution in [0.1, 0.15) is 202 Å². The number of phosphoric ester groups is 1. The second kappa shape index (κ2) is 41.7. The molecule has 1 aliphatic heterocycles. The number of hydrogen-bond acceptors (Lipinski definition) is 12. The van der Waals surface area contributed by atoms with Gasteiger partial charge in [-0.15, -0.1) is 0 Å². The highest BCUT2D eigenvalue weighted by Crippen LogP contribution is 2.43. The first kappa shape index (κ1) is 67.7. The lowest BCUT2D eigenvalue weighted by Gasteiger charge is -2.31. The number of hydrogen-bond donors (Lipinski definition) is 1. The zero-order valence-corrected chi connectivity index (χ0v) is 48.6. The van der Waals surface area contributed by atoms with Crippen molar-refractivity contribution in [2.24, 2.45) is 5.92 Å². The molecule has 0 fully saturated rings. The van der Waals surface area contributed by atoms with Crippen molar-refractivity contribution in [3.63, 3.8) is 0 Å². The fourth-order valence-electron chi connectivity index (χ4n) is 8.19. The number of allylic oxidation sites excluding steroid dienone is 14. The predicted octanol–water partition coefficient (Wildman–Crippen LogP) is 15.4. The standard InChI is InChI=1S/C61H93ClNO12P/c1-7-10-12-14-16-18-20-22-24-26-28-30-32-34-36-38-56(65)71-47-53(75-57(66)39-37-35-33-31-29-27-25-23-21-19-17-15-13-11-8-2)48-73-76(69,70)72-43-42-63-46-55-54(45-52(63)41-40-50(5)44-49(4)9-3)58(62)60(68)61(59(55)67)74-51(6)64/h16-19,22-25,40-41,44-46,49,53,61H,7-15,20-21,26-39,42-43,47-48H2,1-6H3,(H,69,70)/b18-16-,19-17-,24-22-,25-23-,41-40+,50-44+. The second-order valence-electron chi connectivity index (χ2n) is 19.7. The van der Waals surface area contributed by atoms with E-state index in [1.54, 1.807) is 17.1 Å². The van der Waals surface area contributed by atoms with Crippen LogP contribution < -0.4 is 0 Å². The van der Waals surface area contributed by atoms with Crippen LogP contribution in [0.5, 0.6) is 0 Å². The third-order valence-corrected chi connectivity index (χ3v) is 14.2. The van der Waals surface area contributed by atoms with Crippen LogP contribution >= 0.6 is 19.4 Å². The molecule has 426 valence electrons. The molecule has 0 saturated carbocycles. The van der Waals surface area contributed by atoms with Gasteiger partial charge in [-0.2, -0.15) is 0 Å². The predicted molar refractivity (Wildman–Crippen MR) is 305 cm³/mol. The molecule has 0 aromatic rings.